The van der Waals surface area contributed by atoms with Crippen LogP contribution in [0.5, 0.6) is 0 Å². The number of allylic oxidation sites excluding steroid dienone is 2. The molecule has 0 fully saturated rings. The summed E-state index contributed by atoms with van der Waals surface area (Å²) in [7, 11) is 0. The van der Waals surface area contributed by atoms with Crippen molar-refractivity contribution in [1.82, 2.24) is 0 Å². The van der Waals surface area contributed by atoms with Crippen LogP contribution in [0, 0.1) is 16.7 Å². The topological polar surface area (TPSA) is 23.8 Å². The fourth-order valence-corrected chi connectivity index (χ4v) is 4.70. The Morgan fingerprint density at radius 2 is 0.871 bits per heavy atom. The minimum absolute atomic E-state index is 0.0400. The summed E-state index contributed by atoms with van der Waals surface area (Å²) in [5, 5.41) is 10.1. The van der Waals surface area contributed by atoms with Crippen molar-refractivity contribution in [2.75, 3.05) is 0 Å². The first-order chi connectivity index (χ1) is 15.2. The molecule has 1 nitrogen and oxygen atoms in total. The van der Waals surface area contributed by atoms with E-state index in [9.17, 15) is 5.26 Å². The number of hydrogen-bond acceptors (Lipinski definition) is 1. The Hall–Kier alpha value is -1.03. The first-order valence-corrected chi connectivity index (χ1v) is 13.9. The maximum atomic E-state index is 10.1. The molecule has 0 spiro atoms. The van der Waals surface area contributed by atoms with Crippen LogP contribution in [0.15, 0.2) is 25.3 Å². The summed E-state index contributed by atoms with van der Waals surface area (Å²) in [6.45, 7) is 9.87. The SMILES string of the molecule is C=CCCCCCCCCCC(C#N)(CCCCCC)CCCCCCCCCC=C. The lowest BCUT2D eigenvalue weighted by Crippen LogP contribution is -2.19. The summed E-state index contributed by atoms with van der Waals surface area (Å²) in [5.41, 5.74) is -0.0400. The molecule has 0 aromatic rings. The first kappa shape index (κ1) is 30.0. The van der Waals surface area contributed by atoms with Gasteiger partial charge in [0.2, 0.25) is 0 Å². The highest BCUT2D eigenvalue weighted by molar-refractivity contribution is 4.98. The van der Waals surface area contributed by atoms with Gasteiger partial charge in [0.05, 0.1) is 11.5 Å². The van der Waals surface area contributed by atoms with Crippen molar-refractivity contribution >= 4 is 0 Å². The summed E-state index contributed by atoms with van der Waals surface area (Å²) in [4.78, 5) is 0. The van der Waals surface area contributed by atoms with Crippen molar-refractivity contribution < 1.29 is 0 Å². The number of rotatable bonds is 25. The molecule has 0 aliphatic heterocycles. The van der Waals surface area contributed by atoms with Crippen LogP contribution in [-0.2, 0) is 0 Å². The fourth-order valence-electron chi connectivity index (χ4n) is 4.70. The number of unbranched alkanes of at least 4 members (excludes halogenated alkanes) is 17. The van der Waals surface area contributed by atoms with Gasteiger partial charge in [-0.25, -0.2) is 0 Å². The highest BCUT2D eigenvalue weighted by atomic mass is 14.4. The molecule has 1 heteroatoms. The average Bonchev–Trinajstić information content (AvgIpc) is 2.79. The van der Waals surface area contributed by atoms with Crippen LogP contribution in [0.25, 0.3) is 0 Å². The van der Waals surface area contributed by atoms with Crippen molar-refractivity contribution in [3.63, 3.8) is 0 Å². The normalized spacial score (nSPS) is 11.4. The average molecular weight is 430 g/mol. The van der Waals surface area contributed by atoms with Gasteiger partial charge in [0, 0.05) is 0 Å². The maximum absolute atomic E-state index is 10.1. The predicted octanol–water partition coefficient (Wildman–Crippen LogP) is 10.9. The molecule has 0 atom stereocenters. The molecule has 0 heterocycles. The molecule has 0 bridgehead atoms. The van der Waals surface area contributed by atoms with Gasteiger partial charge in [-0.2, -0.15) is 5.26 Å². The minimum atomic E-state index is -0.0400. The number of nitrogens with zero attached hydrogens (tertiary/aromatic N) is 1. The molecule has 0 rings (SSSR count). The largest absolute Gasteiger partial charge is 0.198 e. The van der Waals surface area contributed by atoms with Crippen LogP contribution in [0.3, 0.4) is 0 Å². The van der Waals surface area contributed by atoms with Crippen LogP contribution >= 0.6 is 0 Å². The second-order valence-electron chi connectivity index (χ2n) is 9.81. The van der Waals surface area contributed by atoms with Gasteiger partial charge in [-0.1, -0.05) is 122 Å². The smallest absolute Gasteiger partial charge is 0.0689 e. The van der Waals surface area contributed by atoms with E-state index in [1.54, 1.807) is 0 Å². The molecule has 0 aromatic heterocycles. The molecule has 31 heavy (non-hydrogen) atoms. The molecule has 0 aliphatic carbocycles. The number of hydrogen-bond donors (Lipinski definition) is 0. The summed E-state index contributed by atoms with van der Waals surface area (Å²) >= 11 is 0. The molecule has 0 aromatic carbocycles. The van der Waals surface area contributed by atoms with Crippen molar-refractivity contribution in [2.45, 2.75) is 155 Å². The third-order valence-electron chi connectivity index (χ3n) is 6.87. The van der Waals surface area contributed by atoms with E-state index in [2.05, 4.69) is 26.2 Å². The van der Waals surface area contributed by atoms with Gasteiger partial charge in [-0.15, -0.1) is 13.2 Å². The van der Waals surface area contributed by atoms with Gasteiger partial charge in [-0.05, 0) is 44.9 Å². The van der Waals surface area contributed by atoms with Crippen LogP contribution in [0.4, 0.5) is 0 Å². The van der Waals surface area contributed by atoms with Gasteiger partial charge < -0.3 is 0 Å². The molecule has 0 aliphatic rings. The van der Waals surface area contributed by atoms with E-state index in [0.717, 1.165) is 32.1 Å². The van der Waals surface area contributed by atoms with Gasteiger partial charge >= 0.3 is 0 Å². The van der Waals surface area contributed by atoms with E-state index in [4.69, 9.17) is 0 Å². The standard InChI is InChI=1S/C30H55N/c1-4-7-10-13-15-17-19-21-24-27-30(29-31,26-23-12-9-6-3)28-25-22-20-18-16-14-11-8-5-2/h4-5H,1-2,6-28H2,3H3. The quantitative estimate of drug-likeness (QED) is 0.104. The predicted molar refractivity (Wildman–Crippen MR) is 140 cm³/mol. The zero-order valence-corrected chi connectivity index (χ0v) is 21.3. The number of nitriles is 1. The van der Waals surface area contributed by atoms with Gasteiger partial charge in [0.15, 0.2) is 0 Å². The summed E-state index contributed by atoms with van der Waals surface area (Å²) < 4.78 is 0. The third-order valence-corrected chi connectivity index (χ3v) is 6.87. The molecule has 0 radical (unpaired) electrons. The van der Waals surface area contributed by atoms with Crippen molar-refractivity contribution in [2.24, 2.45) is 5.41 Å². The monoisotopic (exact) mass is 429 g/mol. The zero-order chi connectivity index (χ0) is 22.9. The lowest BCUT2D eigenvalue weighted by Gasteiger charge is -2.27. The molecule has 0 N–H and O–H groups in total. The second kappa shape index (κ2) is 23.6. The van der Waals surface area contributed by atoms with E-state index >= 15 is 0 Å². The van der Waals surface area contributed by atoms with Gasteiger partial charge in [-0.3, -0.25) is 0 Å². The molecule has 0 amide bonds. The Bertz CT molecular complexity index is 404. The second-order valence-corrected chi connectivity index (χ2v) is 9.81. The van der Waals surface area contributed by atoms with Crippen molar-refractivity contribution in [3.05, 3.63) is 25.3 Å². The van der Waals surface area contributed by atoms with E-state index in [1.807, 2.05) is 12.2 Å². The molecule has 0 saturated carbocycles. The lowest BCUT2D eigenvalue weighted by atomic mass is 9.75. The Morgan fingerprint density at radius 3 is 1.19 bits per heavy atom. The van der Waals surface area contributed by atoms with Crippen molar-refractivity contribution in [3.8, 4) is 6.07 Å². The van der Waals surface area contributed by atoms with Crippen LogP contribution in [0.2, 0.25) is 0 Å². The van der Waals surface area contributed by atoms with Crippen LogP contribution < -0.4 is 0 Å². The molecule has 0 unspecified atom stereocenters. The lowest BCUT2D eigenvalue weighted by molar-refractivity contribution is 0.274. The van der Waals surface area contributed by atoms with E-state index in [0.29, 0.717) is 0 Å². The van der Waals surface area contributed by atoms with Gasteiger partial charge in [0.25, 0.3) is 0 Å². The first-order valence-electron chi connectivity index (χ1n) is 13.9. The highest BCUT2D eigenvalue weighted by Crippen LogP contribution is 2.37. The summed E-state index contributed by atoms with van der Waals surface area (Å²) in [5.74, 6) is 0. The van der Waals surface area contributed by atoms with Crippen LogP contribution in [-0.4, -0.2) is 0 Å². The molecular formula is C30H55N. The van der Waals surface area contributed by atoms with E-state index < -0.39 is 0 Å². The Balaban J connectivity index is 4.14. The fraction of sp³-hybridized carbons (Fsp3) is 0.833. The molecule has 180 valence electrons. The molecule has 0 saturated heterocycles. The Morgan fingerprint density at radius 1 is 0.548 bits per heavy atom. The maximum Gasteiger partial charge on any atom is 0.0689 e. The van der Waals surface area contributed by atoms with Crippen LogP contribution in [0.1, 0.15) is 155 Å². The summed E-state index contributed by atoms with van der Waals surface area (Å²) in [6, 6.07) is 2.82. The Labute approximate surface area is 196 Å². The van der Waals surface area contributed by atoms with Crippen molar-refractivity contribution in [1.29, 1.82) is 5.26 Å². The minimum Gasteiger partial charge on any atom is -0.198 e. The highest BCUT2D eigenvalue weighted by Gasteiger charge is 2.28. The zero-order valence-electron chi connectivity index (χ0n) is 21.3. The van der Waals surface area contributed by atoms with E-state index in [-0.39, 0.29) is 5.41 Å². The van der Waals surface area contributed by atoms with E-state index in [1.165, 1.54) is 116 Å². The molecular weight excluding hydrogens is 374 g/mol. The third kappa shape index (κ3) is 19.4. The van der Waals surface area contributed by atoms with Gasteiger partial charge in [0.1, 0.15) is 0 Å². The Kier molecular flexibility index (Phi) is 22.8. The summed E-state index contributed by atoms with van der Waals surface area (Å²) in [6.07, 6.45) is 33.5.